The number of benzene rings is 1. The van der Waals surface area contributed by atoms with Crippen LogP contribution in [0.4, 0.5) is 0 Å². The summed E-state index contributed by atoms with van der Waals surface area (Å²) in [6, 6.07) is 3.58. The minimum absolute atomic E-state index is 0.0634. The van der Waals surface area contributed by atoms with E-state index in [4.69, 9.17) is 14.6 Å². The molecule has 22 heavy (non-hydrogen) atoms. The van der Waals surface area contributed by atoms with Crippen molar-refractivity contribution in [2.45, 2.75) is 26.3 Å². The van der Waals surface area contributed by atoms with Crippen molar-refractivity contribution in [3.8, 4) is 5.75 Å². The van der Waals surface area contributed by atoms with Gasteiger partial charge in [0.05, 0.1) is 12.6 Å². The van der Waals surface area contributed by atoms with E-state index in [2.05, 4.69) is 0 Å². The number of carboxylic acid groups (broad SMARTS) is 1. The molecule has 1 saturated heterocycles. The molecule has 1 atom stereocenters. The molecule has 1 aliphatic rings. The Labute approximate surface area is 129 Å². The van der Waals surface area contributed by atoms with Gasteiger partial charge in [-0.3, -0.25) is 4.79 Å². The Balaban J connectivity index is 2.18. The highest BCUT2D eigenvalue weighted by atomic mass is 16.5. The Morgan fingerprint density at radius 1 is 1.36 bits per heavy atom. The van der Waals surface area contributed by atoms with Gasteiger partial charge < -0.3 is 19.5 Å². The highest BCUT2D eigenvalue weighted by Crippen LogP contribution is 2.26. The number of hydrogen-bond acceptors (Lipinski definition) is 4. The predicted molar refractivity (Wildman–Crippen MR) is 80.4 cm³/mol. The summed E-state index contributed by atoms with van der Waals surface area (Å²) in [7, 11) is 1.78. The molecule has 1 aromatic carbocycles. The molecule has 1 heterocycles. The maximum Gasteiger partial charge on any atom is 0.341 e. The molecule has 0 saturated carbocycles. The Morgan fingerprint density at radius 3 is 2.50 bits per heavy atom. The first-order valence-corrected chi connectivity index (χ1v) is 7.21. The van der Waals surface area contributed by atoms with Gasteiger partial charge in [-0.15, -0.1) is 0 Å². The van der Waals surface area contributed by atoms with Crippen LogP contribution in [0.2, 0.25) is 0 Å². The van der Waals surface area contributed by atoms with Gasteiger partial charge in [0.25, 0.3) is 5.91 Å². The molecule has 1 aliphatic heterocycles. The molecule has 120 valence electrons. The van der Waals surface area contributed by atoms with Gasteiger partial charge in [-0.2, -0.15) is 0 Å². The average Bonchev–Trinajstić information content (AvgIpc) is 2.98. The molecule has 0 radical (unpaired) electrons. The summed E-state index contributed by atoms with van der Waals surface area (Å²) in [4.78, 5) is 24.9. The van der Waals surface area contributed by atoms with Gasteiger partial charge in [-0.1, -0.05) is 0 Å². The molecule has 6 nitrogen and oxygen atoms in total. The second-order valence-corrected chi connectivity index (χ2v) is 5.56. The van der Waals surface area contributed by atoms with Gasteiger partial charge >= 0.3 is 5.97 Å². The average molecular weight is 307 g/mol. The van der Waals surface area contributed by atoms with E-state index in [1.807, 2.05) is 0 Å². The summed E-state index contributed by atoms with van der Waals surface area (Å²) in [5.41, 5.74) is 2.08. The van der Waals surface area contributed by atoms with Crippen molar-refractivity contribution in [1.82, 2.24) is 4.90 Å². The fraction of sp³-hybridized carbons (Fsp3) is 0.500. The first-order valence-electron chi connectivity index (χ1n) is 7.21. The van der Waals surface area contributed by atoms with Crippen LogP contribution in [0.1, 0.15) is 27.9 Å². The van der Waals surface area contributed by atoms with Gasteiger partial charge in [0.15, 0.2) is 6.61 Å². The number of ether oxygens (including phenoxy) is 2. The molecule has 0 spiro atoms. The minimum Gasteiger partial charge on any atom is -0.481 e. The second-order valence-electron chi connectivity index (χ2n) is 5.56. The van der Waals surface area contributed by atoms with Crippen LogP contribution >= 0.6 is 0 Å². The number of hydrogen-bond donors (Lipinski definition) is 1. The Hall–Kier alpha value is -2.08. The molecule has 1 unspecified atom stereocenters. The lowest BCUT2D eigenvalue weighted by atomic mass is 10.0. The molecule has 6 heteroatoms. The maximum atomic E-state index is 12.5. The molecule has 1 amide bonds. The van der Waals surface area contributed by atoms with Crippen LogP contribution in [0.25, 0.3) is 0 Å². The number of carboxylic acids is 1. The standard InChI is InChI=1S/C16H21NO5/c1-10-6-12(7-11(2)15(10)22-9-14(18)19)16(20)17(3)13-4-5-21-8-13/h6-7,13H,4-5,8-9H2,1-3H3,(H,18,19). The second kappa shape index (κ2) is 6.79. The molecular weight excluding hydrogens is 286 g/mol. The number of aryl methyl sites for hydroxylation is 2. The van der Waals surface area contributed by atoms with Crippen LogP contribution in [0.15, 0.2) is 12.1 Å². The number of likely N-dealkylation sites (N-methyl/N-ethyl adjacent to an activating group) is 1. The zero-order valence-electron chi connectivity index (χ0n) is 13.1. The Kier molecular flexibility index (Phi) is 5.03. The first-order chi connectivity index (χ1) is 10.4. The molecule has 1 N–H and O–H groups in total. The van der Waals surface area contributed by atoms with E-state index < -0.39 is 12.6 Å². The molecule has 0 aromatic heterocycles. The summed E-state index contributed by atoms with van der Waals surface area (Å²) in [6.45, 7) is 4.47. The smallest absolute Gasteiger partial charge is 0.341 e. The molecule has 1 fully saturated rings. The fourth-order valence-corrected chi connectivity index (χ4v) is 2.63. The lowest BCUT2D eigenvalue weighted by Crippen LogP contribution is -2.37. The van der Waals surface area contributed by atoms with Crippen molar-refractivity contribution in [2.24, 2.45) is 0 Å². The van der Waals surface area contributed by atoms with E-state index in [1.165, 1.54) is 0 Å². The highest BCUT2D eigenvalue weighted by molar-refractivity contribution is 5.95. The third kappa shape index (κ3) is 3.57. The fourth-order valence-electron chi connectivity index (χ4n) is 2.63. The molecule has 1 aromatic rings. The number of carbonyl (C=O) groups is 2. The molecule has 2 rings (SSSR count). The zero-order valence-corrected chi connectivity index (χ0v) is 13.1. The maximum absolute atomic E-state index is 12.5. The summed E-state index contributed by atoms with van der Waals surface area (Å²) in [6.07, 6.45) is 0.847. The summed E-state index contributed by atoms with van der Waals surface area (Å²) >= 11 is 0. The van der Waals surface area contributed by atoms with Crippen LogP contribution in [-0.4, -0.2) is 54.8 Å². The number of carbonyl (C=O) groups excluding carboxylic acids is 1. The first kappa shape index (κ1) is 16.3. The lowest BCUT2D eigenvalue weighted by molar-refractivity contribution is -0.139. The van der Waals surface area contributed by atoms with Gasteiger partial charge in [0.1, 0.15) is 5.75 Å². The summed E-state index contributed by atoms with van der Waals surface area (Å²) in [5, 5.41) is 8.70. The quantitative estimate of drug-likeness (QED) is 0.894. The number of nitrogens with zero attached hydrogens (tertiary/aromatic N) is 1. The topological polar surface area (TPSA) is 76.1 Å². The predicted octanol–water partition coefficient (Wildman–Crippen LogP) is 1.63. The van der Waals surface area contributed by atoms with E-state index in [0.29, 0.717) is 24.5 Å². The summed E-state index contributed by atoms with van der Waals surface area (Å²) < 4.78 is 10.6. The van der Waals surface area contributed by atoms with Crippen LogP contribution < -0.4 is 4.74 Å². The van der Waals surface area contributed by atoms with Crippen LogP contribution in [0, 0.1) is 13.8 Å². The number of amides is 1. The van der Waals surface area contributed by atoms with Crippen LogP contribution in [0.3, 0.4) is 0 Å². The molecular formula is C16H21NO5. The number of aliphatic carboxylic acids is 1. The van der Waals surface area contributed by atoms with Crippen molar-refractivity contribution in [1.29, 1.82) is 0 Å². The van der Waals surface area contributed by atoms with E-state index >= 15 is 0 Å². The lowest BCUT2D eigenvalue weighted by Gasteiger charge is -2.24. The van der Waals surface area contributed by atoms with Crippen LogP contribution in [0.5, 0.6) is 5.75 Å². The minimum atomic E-state index is -1.03. The SMILES string of the molecule is Cc1cc(C(=O)N(C)C2CCOC2)cc(C)c1OCC(=O)O. The van der Waals surface area contributed by atoms with Crippen molar-refractivity contribution >= 4 is 11.9 Å². The van der Waals surface area contributed by atoms with E-state index in [0.717, 1.165) is 17.5 Å². The highest BCUT2D eigenvalue weighted by Gasteiger charge is 2.25. The molecule has 0 aliphatic carbocycles. The molecule has 0 bridgehead atoms. The zero-order chi connectivity index (χ0) is 16.3. The van der Waals surface area contributed by atoms with Gasteiger partial charge in [0.2, 0.25) is 0 Å². The van der Waals surface area contributed by atoms with E-state index in [-0.39, 0.29) is 11.9 Å². The van der Waals surface area contributed by atoms with Crippen molar-refractivity contribution in [3.63, 3.8) is 0 Å². The monoisotopic (exact) mass is 307 g/mol. The van der Waals surface area contributed by atoms with Crippen molar-refractivity contribution in [3.05, 3.63) is 28.8 Å². The van der Waals surface area contributed by atoms with Gasteiger partial charge in [0, 0.05) is 19.2 Å². The number of rotatable bonds is 5. The van der Waals surface area contributed by atoms with Crippen molar-refractivity contribution in [2.75, 3.05) is 26.9 Å². The Bertz CT molecular complexity index is 555. The van der Waals surface area contributed by atoms with Crippen LogP contribution in [-0.2, 0) is 9.53 Å². The Morgan fingerprint density at radius 2 is 2.00 bits per heavy atom. The third-order valence-corrected chi connectivity index (χ3v) is 3.82. The summed E-state index contributed by atoms with van der Waals surface area (Å²) in [5.74, 6) is -0.572. The largest absolute Gasteiger partial charge is 0.481 e. The van der Waals surface area contributed by atoms with Crippen molar-refractivity contribution < 1.29 is 24.2 Å². The van der Waals surface area contributed by atoms with Gasteiger partial charge in [-0.25, -0.2) is 4.79 Å². The van der Waals surface area contributed by atoms with E-state index in [9.17, 15) is 9.59 Å². The third-order valence-electron chi connectivity index (χ3n) is 3.82. The van der Waals surface area contributed by atoms with Gasteiger partial charge in [-0.05, 0) is 43.5 Å². The van der Waals surface area contributed by atoms with E-state index in [1.54, 1.807) is 37.9 Å². The normalized spacial score (nSPS) is 17.3.